The molecule has 2 aromatic heterocycles. The van der Waals surface area contributed by atoms with Crippen molar-refractivity contribution >= 4 is 23.1 Å². The highest BCUT2D eigenvalue weighted by Gasteiger charge is 2.17. The first kappa shape index (κ1) is 13.4. The minimum Gasteiger partial charge on any atom is -0.326 e. The summed E-state index contributed by atoms with van der Waals surface area (Å²) in [4.78, 5) is 4.33. The van der Waals surface area contributed by atoms with Crippen molar-refractivity contribution in [3.8, 4) is 5.69 Å². The normalized spacial score (nSPS) is 10.9. The van der Waals surface area contributed by atoms with Crippen LogP contribution < -0.4 is 5.73 Å². The largest absolute Gasteiger partial charge is 0.326 e. The maximum Gasteiger partial charge on any atom is 0.156 e. The molecule has 3 aromatic rings. The van der Waals surface area contributed by atoms with Crippen LogP contribution in [0.2, 0.25) is 0 Å². The molecule has 0 saturated heterocycles. The van der Waals surface area contributed by atoms with Crippen molar-refractivity contribution in [2.75, 3.05) is 0 Å². The molecule has 0 fully saturated rings. The Morgan fingerprint density at radius 1 is 1.30 bits per heavy atom. The first-order valence-electron chi connectivity index (χ1n) is 6.21. The third-order valence-corrected chi connectivity index (χ3v) is 4.93. The van der Waals surface area contributed by atoms with Gasteiger partial charge in [-0.05, 0) is 30.8 Å². The van der Waals surface area contributed by atoms with Crippen molar-refractivity contribution in [1.82, 2.24) is 14.8 Å². The number of hydrogen-bond donors (Lipinski definition) is 1. The number of nitrogens with zero attached hydrogens (tertiary/aromatic N) is 3. The number of nitrogens with two attached hydrogens (primary N) is 1. The minimum atomic E-state index is 0.479. The highest BCUT2D eigenvalue weighted by molar-refractivity contribution is 8.01. The van der Waals surface area contributed by atoms with Crippen LogP contribution >= 0.6 is 23.1 Å². The fourth-order valence-corrected chi connectivity index (χ4v) is 3.79. The monoisotopic (exact) mass is 302 g/mol. The van der Waals surface area contributed by atoms with Gasteiger partial charge < -0.3 is 5.73 Å². The van der Waals surface area contributed by atoms with Crippen molar-refractivity contribution in [3.63, 3.8) is 0 Å². The molecule has 6 heteroatoms. The number of para-hydroxylation sites is 1. The summed E-state index contributed by atoms with van der Waals surface area (Å²) < 4.78 is 2.95. The summed E-state index contributed by atoms with van der Waals surface area (Å²) in [6.07, 6.45) is 1.81. The van der Waals surface area contributed by atoms with E-state index in [4.69, 9.17) is 5.73 Å². The molecule has 102 valence electrons. The summed E-state index contributed by atoms with van der Waals surface area (Å²) in [5.74, 6) is 0. The molecule has 0 atom stereocenters. The van der Waals surface area contributed by atoms with Crippen LogP contribution in [0, 0.1) is 6.92 Å². The van der Waals surface area contributed by atoms with E-state index in [1.807, 2.05) is 53.5 Å². The molecule has 0 unspecified atom stereocenters. The summed E-state index contributed by atoms with van der Waals surface area (Å²) in [7, 11) is 0. The molecule has 0 spiro atoms. The molecular formula is C14H14N4S2. The fourth-order valence-electron chi connectivity index (χ4n) is 1.97. The highest BCUT2D eigenvalue weighted by atomic mass is 32.2. The number of hydrogen-bond acceptors (Lipinski definition) is 5. The molecule has 4 nitrogen and oxygen atoms in total. The maximum atomic E-state index is 5.89. The predicted octanol–water partition coefficient (Wildman–Crippen LogP) is 3.25. The van der Waals surface area contributed by atoms with Crippen LogP contribution in [-0.4, -0.2) is 14.8 Å². The van der Waals surface area contributed by atoms with E-state index in [9.17, 15) is 0 Å². The topological polar surface area (TPSA) is 56.7 Å². The lowest BCUT2D eigenvalue weighted by molar-refractivity contribution is 0.788. The molecule has 0 bridgehead atoms. The Bertz CT molecular complexity index is 690. The quantitative estimate of drug-likeness (QED) is 0.804. The Hall–Kier alpha value is -1.63. The van der Waals surface area contributed by atoms with Crippen molar-refractivity contribution in [3.05, 3.63) is 53.2 Å². The molecule has 0 aliphatic carbocycles. The van der Waals surface area contributed by atoms with Crippen molar-refractivity contribution in [1.29, 1.82) is 0 Å². The molecule has 0 amide bonds. The van der Waals surface area contributed by atoms with Gasteiger partial charge in [-0.15, -0.1) is 11.3 Å². The molecular weight excluding hydrogens is 288 g/mol. The second kappa shape index (κ2) is 5.78. The number of benzene rings is 1. The molecule has 0 radical (unpaired) electrons. The van der Waals surface area contributed by atoms with Crippen LogP contribution in [0.1, 0.15) is 11.3 Å². The Kier molecular flexibility index (Phi) is 3.86. The molecule has 3 rings (SSSR count). The Labute approximate surface area is 125 Å². The van der Waals surface area contributed by atoms with Crippen molar-refractivity contribution in [2.45, 2.75) is 22.8 Å². The predicted molar refractivity (Wildman–Crippen MR) is 82.4 cm³/mol. The standard InChI is InChI=1S/C14H14N4S2/c1-10-12(9-15)13(20-14-16-7-8-19-14)18(17-10)11-5-3-2-4-6-11/h2-8H,9,15H2,1H3. The van der Waals surface area contributed by atoms with E-state index in [2.05, 4.69) is 10.1 Å². The Morgan fingerprint density at radius 2 is 2.10 bits per heavy atom. The summed E-state index contributed by atoms with van der Waals surface area (Å²) >= 11 is 3.24. The zero-order valence-electron chi connectivity index (χ0n) is 11.0. The van der Waals surface area contributed by atoms with Gasteiger partial charge in [-0.3, -0.25) is 0 Å². The summed E-state index contributed by atoms with van der Waals surface area (Å²) in [5, 5.41) is 7.65. The van der Waals surface area contributed by atoms with Crippen LogP contribution in [-0.2, 0) is 6.54 Å². The third-order valence-electron chi connectivity index (χ3n) is 2.94. The van der Waals surface area contributed by atoms with E-state index < -0.39 is 0 Å². The van der Waals surface area contributed by atoms with Crippen LogP contribution in [0.3, 0.4) is 0 Å². The zero-order valence-corrected chi connectivity index (χ0v) is 12.6. The van der Waals surface area contributed by atoms with Gasteiger partial charge in [-0.2, -0.15) is 5.10 Å². The van der Waals surface area contributed by atoms with E-state index in [-0.39, 0.29) is 0 Å². The molecule has 0 aliphatic heterocycles. The summed E-state index contributed by atoms with van der Waals surface area (Å²) in [6.45, 7) is 2.47. The third kappa shape index (κ3) is 2.49. The SMILES string of the molecule is Cc1nn(-c2ccccc2)c(Sc2nccs2)c1CN. The Morgan fingerprint density at radius 3 is 2.75 bits per heavy atom. The molecule has 2 heterocycles. The molecule has 0 saturated carbocycles. The molecule has 1 aromatic carbocycles. The maximum absolute atomic E-state index is 5.89. The van der Waals surface area contributed by atoms with Gasteiger partial charge in [0.25, 0.3) is 0 Å². The second-order valence-corrected chi connectivity index (χ2v) is 6.35. The summed E-state index contributed by atoms with van der Waals surface area (Å²) in [6, 6.07) is 10.1. The molecule has 20 heavy (non-hydrogen) atoms. The van der Waals surface area contributed by atoms with Crippen LogP contribution in [0.15, 0.2) is 51.3 Å². The Balaban J connectivity index is 2.10. The fraction of sp³-hybridized carbons (Fsp3) is 0.143. The van der Waals surface area contributed by atoms with Gasteiger partial charge in [0.2, 0.25) is 0 Å². The van der Waals surface area contributed by atoms with E-state index >= 15 is 0 Å². The smallest absolute Gasteiger partial charge is 0.156 e. The van der Waals surface area contributed by atoms with E-state index in [1.54, 1.807) is 23.1 Å². The van der Waals surface area contributed by atoms with Gasteiger partial charge in [0.05, 0.1) is 11.4 Å². The molecule has 2 N–H and O–H groups in total. The van der Waals surface area contributed by atoms with E-state index in [0.717, 1.165) is 26.3 Å². The van der Waals surface area contributed by atoms with Gasteiger partial charge >= 0.3 is 0 Å². The van der Waals surface area contributed by atoms with Gasteiger partial charge in [-0.1, -0.05) is 18.2 Å². The lowest BCUT2D eigenvalue weighted by Gasteiger charge is -2.07. The number of rotatable bonds is 4. The summed E-state index contributed by atoms with van der Waals surface area (Å²) in [5.41, 5.74) is 8.97. The average molecular weight is 302 g/mol. The van der Waals surface area contributed by atoms with Crippen molar-refractivity contribution in [2.24, 2.45) is 5.73 Å². The molecule has 0 aliphatic rings. The highest BCUT2D eigenvalue weighted by Crippen LogP contribution is 2.34. The van der Waals surface area contributed by atoms with E-state index in [1.165, 1.54) is 0 Å². The average Bonchev–Trinajstić information content (AvgIpc) is 3.08. The zero-order chi connectivity index (χ0) is 13.9. The van der Waals surface area contributed by atoms with Gasteiger partial charge in [0, 0.05) is 23.7 Å². The lowest BCUT2D eigenvalue weighted by Crippen LogP contribution is -2.01. The van der Waals surface area contributed by atoms with Crippen LogP contribution in [0.4, 0.5) is 0 Å². The number of thiazole rings is 1. The minimum absolute atomic E-state index is 0.479. The first-order valence-corrected chi connectivity index (χ1v) is 7.90. The van der Waals surface area contributed by atoms with Crippen LogP contribution in [0.25, 0.3) is 5.69 Å². The van der Waals surface area contributed by atoms with E-state index in [0.29, 0.717) is 6.54 Å². The number of aryl methyl sites for hydroxylation is 1. The van der Waals surface area contributed by atoms with Gasteiger partial charge in [0.15, 0.2) is 4.34 Å². The lowest BCUT2D eigenvalue weighted by atomic mass is 10.3. The van der Waals surface area contributed by atoms with Gasteiger partial charge in [0.1, 0.15) is 5.03 Å². The number of aromatic nitrogens is 3. The second-order valence-electron chi connectivity index (χ2n) is 4.22. The first-order chi connectivity index (χ1) is 9.79. The van der Waals surface area contributed by atoms with Gasteiger partial charge in [-0.25, -0.2) is 9.67 Å². The van der Waals surface area contributed by atoms with Crippen LogP contribution in [0.5, 0.6) is 0 Å². The van der Waals surface area contributed by atoms with Crippen molar-refractivity contribution < 1.29 is 0 Å².